The van der Waals surface area contributed by atoms with Crippen molar-refractivity contribution in [2.75, 3.05) is 26.2 Å². The lowest BCUT2D eigenvalue weighted by Crippen LogP contribution is -2.55. The monoisotopic (exact) mass is 312 g/mol. The lowest BCUT2D eigenvalue weighted by Gasteiger charge is -2.40. The molecule has 0 aliphatic carbocycles. The van der Waals surface area contributed by atoms with Crippen LogP contribution in [0.2, 0.25) is 0 Å². The maximum Gasteiger partial charge on any atom is 0.274 e. The first kappa shape index (κ1) is 15.4. The van der Waals surface area contributed by atoms with Crippen LogP contribution in [0.4, 0.5) is 8.78 Å². The van der Waals surface area contributed by atoms with Crippen LogP contribution >= 0.6 is 0 Å². The molecule has 7 heteroatoms. The molecular weight excluding hydrogens is 290 g/mol. The Bertz CT molecular complexity index is 524. The number of carbonyl (C=O) groups is 1. The Morgan fingerprint density at radius 1 is 1.41 bits per heavy atom. The number of amides is 1. The number of piperazine rings is 1. The van der Waals surface area contributed by atoms with Crippen LogP contribution in [0.25, 0.3) is 0 Å². The summed E-state index contributed by atoms with van der Waals surface area (Å²) in [6.45, 7) is 4.19. The van der Waals surface area contributed by atoms with E-state index in [2.05, 4.69) is 4.98 Å². The van der Waals surface area contributed by atoms with Gasteiger partial charge in [0.25, 0.3) is 12.3 Å². The molecule has 1 saturated heterocycles. The number of fused-ring (bicyclic) bond motifs is 1. The van der Waals surface area contributed by atoms with Gasteiger partial charge in [-0.05, 0) is 12.8 Å². The van der Waals surface area contributed by atoms with Crippen LogP contribution in [-0.4, -0.2) is 63.9 Å². The van der Waals surface area contributed by atoms with Crippen LogP contribution in [0, 0.1) is 0 Å². The van der Waals surface area contributed by atoms with E-state index in [1.807, 2.05) is 17.7 Å². The Morgan fingerprint density at radius 2 is 2.23 bits per heavy atom. The summed E-state index contributed by atoms with van der Waals surface area (Å²) in [5.41, 5.74) is 0.492. The van der Waals surface area contributed by atoms with E-state index in [0.717, 1.165) is 31.6 Å². The molecule has 1 atom stereocenters. The lowest BCUT2D eigenvalue weighted by molar-refractivity contribution is 0.0184. The van der Waals surface area contributed by atoms with Crippen LogP contribution in [0.3, 0.4) is 0 Å². The van der Waals surface area contributed by atoms with Crippen LogP contribution in [-0.2, 0) is 13.0 Å². The third-order valence-electron chi connectivity index (χ3n) is 4.61. The third-order valence-corrected chi connectivity index (χ3v) is 4.61. The Hall–Kier alpha value is -1.50. The molecule has 0 saturated carbocycles. The van der Waals surface area contributed by atoms with Gasteiger partial charge in [0, 0.05) is 44.8 Å². The fourth-order valence-electron chi connectivity index (χ4n) is 3.40. The second kappa shape index (κ2) is 6.32. The summed E-state index contributed by atoms with van der Waals surface area (Å²) in [7, 11) is 0. The van der Waals surface area contributed by atoms with E-state index in [4.69, 9.17) is 0 Å². The van der Waals surface area contributed by atoms with Crippen molar-refractivity contribution in [1.29, 1.82) is 0 Å². The van der Waals surface area contributed by atoms with Gasteiger partial charge in [0.15, 0.2) is 0 Å². The summed E-state index contributed by atoms with van der Waals surface area (Å²) in [5, 5.41) is 0. The molecule has 0 bridgehead atoms. The first-order valence-corrected chi connectivity index (χ1v) is 7.96. The number of rotatable bonds is 4. The second-order valence-electron chi connectivity index (χ2n) is 6.04. The molecule has 0 radical (unpaired) electrons. The van der Waals surface area contributed by atoms with Crippen molar-refractivity contribution in [2.45, 2.75) is 45.2 Å². The van der Waals surface area contributed by atoms with Gasteiger partial charge in [-0.2, -0.15) is 0 Å². The van der Waals surface area contributed by atoms with Gasteiger partial charge in [-0.3, -0.25) is 9.69 Å². The van der Waals surface area contributed by atoms with Crippen LogP contribution in [0.1, 0.15) is 36.1 Å². The summed E-state index contributed by atoms with van der Waals surface area (Å²) in [6, 6.07) is 0.00108. The van der Waals surface area contributed by atoms with Crippen molar-refractivity contribution in [3.8, 4) is 0 Å². The van der Waals surface area contributed by atoms with Gasteiger partial charge in [-0.15, -0.1) is 0 Å². The van der Waals surface area contributed by atoms with Gasteiger partial charge in [-0.1, -0.05) is 6.92 Å². The Balaban J connectivity index is 1.66. The van der Waals surface area contributed by atoms with E-state index in [-0.39, 0.29) is 18.5 Å². The fraction of sp³-hybridized carbons (Fsp3) is 0.733. The number of halogens is 2. The van der Waals surface area contributed by atoms with Gasteiger partial charge in [-0.25, -0.2) is 13.8 Å². The zero-order chi connectivity index (χ0) is 15.7. The number of nitrogens with zero attached hydrogens (tertiary/aromatic N) is 4. The molecule has 5 nitrogen and oxygen atoms in total. The minimum atomic E-state index is -2.33. The number of hydrogen-bond acceptors (Lipinski definition) is 3. The van der Waals surface area contributed by atoms with Crippen LogP contribution in [0.5, 0.6) is 0 Å². The van der Waals surface area contributed by atoms with E-state index in [9.17, 15) is 13.6 Å². The molecule has 0 aromatic carbocycles. The topological polar surface area (TPSA) is 41.4 Å². The highest BCUT2D eigenvalue weighted by Crippen LogP contribution is 2.19. The molecule has 3 rings (SSSR count). The van der Waals surface area contributed by atoms with Crippen molar-refractivity contribution in [1.82, 2.24) is 19.4 Å². The normalized spacial score (nSPS) is 22.4. The number of carbonyl (C=O) groups excluding carboxylic acids is 1. The minimum Gasteiger partial charge on any atom is -0.334 e. The van der Waals surface area contributed by atoms with Crippen LogP contribution in [0.15, 0.2) is 6.20 Å². The van der Waals surface area contributed by atoms with Crippen LogP contribution < -0.4 is 0 Å². The summed E-state index contributed by atoms with van der Waals surface area (Å²) in [5.74, 6) is 0.906. The molecule has 1 unspecified atom stereocenters. The van der Waals surface area contributed by atoms with Gasteiger partial charge in [0.05, 0.1) is 6.54 Å². The van der Waals surface area contributed by atoms with Crippen molar-refractivity contribution in [3.63, 3.8) is 0 Å². The second-order valence-corrected chi connectivity index (χ2v) is 6.04. The van der Waals surface area contributed by atoms with Gasteiger partial charge in [0.2, 0.25) is 0 Å². The molecule has 122 valence electrons. The highest BCUT2D eigenvalue weighted by atomic mass is 19.3. The zero-order valence-corrected chi connectivity index (χ0v) is 12.8. The minimum absolute atomic E-state index is 0.00108. The Labute approximate surface area is 128 Å². The SMILES string of the molecule is CCC1CN(C(=O)c2cn3c(n2)CCC3)CCN1CC(F)F. The van der Waals surface area contributed by atoms with Crippen molar-refractivity contribution < 1.29 is 13.6 Å². The van der Waals surface area contributed by atoms with Gasteiger partial charge >= 0.3 is 0 Å². The first-order valence-electron chi connectivity index (χ1n) is 7.96. The highest BCUT2D eigenvalue weighted by Gasteiger charge is 2.31. The first-order chi connectivity index (χ1) is 10.6. The van der Waals surface area contributed by atoms with Gasteiger partial charge < -0.3 is 9.47 Å². The van der Waals surface area contributed by atoms with E-state index in [1.165, 1.54) is 0 Å². The molecule has 22 heavy (non-hydrogen) atoms. The maximum absolute atomic E-state index is 12.6. The molecule has 0 spiro atoms. The largest absolute Gasteiger partial charge is 0.334 e. The number of aryl methyl sites for hydroxylation is 2. The maximum atomic E-state index is 12.6. The van der Waals surface area contributed by atoms with Crippen molar-refractivity contribution in [2.24, 2.45) is 0 Å². The summed E-state index contributed by atoms with van der Waals surface area (Å²) in [6.07, 6.45) is 2.27. The molecule has 3 heterocycles. The van der Waals surface area contributed by atoms with E-state index in [1.54, 1.807) is 9.80 Å². The zero-order valence-electron chi connectivity index (χ0n) is 12.8. The summed E-state index contributed by atoms with van der Waals surface area (Å²) >= 11 is 0. The van der Waals surface area contributed by atoms with E-state index >= 15 is 0 Å². The highest BCUT2D eigenvalue weighted by molar-refractivity contribution is 5.92. The molecule has 1 aromatic heterocycles. The van der Waals surface area contributed by atoms with Crippen molar-refractivity contribution in [3.05, 3.63) is 17.7 Å². The number of alkyl halides is 2. The number of imidazole rings is 1. The molecule has 2 aliphatic rings. The van der Waals surface area contributed by atoms with Gasteiger partial charge in [0.1, 0.15) is 11.5 Å². The average Bonchev–Trinajstić information content (AvgIpc) is 3.07. The lowest BCUT2D eigenvalue weighted by atomic mass is 10.1. The van der Waals surface area contributed by atoms with E-state index in [0.29, 0.717) is 25.3 Å². The fourth-order valence-corrected chi connectivity index (χ4v) is 3.40. The Morgan fingerprint density at radius 3 is 2.91 bits per heavy atom. The smallest absolute Gasteiger partial charge is 0.274 e. The number of aromatic nitrogens is 2. The average molecular weight is 312 g/mol. The molecule has 1 aromatic rings. The van der Waals surface area contributed by atoms with Crippen molar-refractivity contribution >= 4 is 5.91 Å². The third kappa shape index (κ3) is 2.99. The summed E-state index contributed by atoms with van der Waals surface area (Å²) < 4.78 is 27.3. The standard InChI is InChI=1S/C15H22F2N4O/c1-2-11-8-21(7-6-19(11)10-13(16)17)15(22)12-9-20-5-3-4-14(20)18-12/h9,11,13H,2-8,10H2,1H3. The molecular formula is C15H22F2N4O. The Kier molecular flexibility index (Phi) is 4.42. The molecule has 0 N–H and O–H groups in total. The summed E-state index contributed by atoms with van der Waals surface area (Å²) in [4.78, 5) is 20.6. The van der Waals surface area contributed by atoms with E-state index < -0.39 is 6.43 Å². The molecule has 1 amide bonds. The predicted molar refractivity (Wildman–Crippen MR) is 78.1 cm³/mol. The predicted octanol–water partition coefficient (Wildman–Crippen LogP) is 1.63. The molecule has 1 fully saturated rings. The number of hydrogen-bond donors (Lipinski definition) is 0. The quantitative estimate of drug-likeness (QED) is 0.848. The molecule has 2 aliphatic heterocycles.